The van der Waals surface area contributed by atoms with E-state index in [1.54, 1.807) is 36.4 Å². The zero-order valence-electron chi connectivity index (χ0n) is 19.6. The molecule has 1 amide bonds. The number of ether oxygens (including phenoxy) is 1. The Labute approximate surface area is 190 Å². The van der Waals surface area contributed by atoms with Crippen molar-refractivity contribution in [3.05, 3.63) is 78.1 Å². The molecular formula is C25H32FNO4Si. The number of hydrogen-bond acceptors (Lipinski definition) is 4. The highest BCUT2D eigenvalue weighted by Crippen LogP contribution is 2.37. The number of halogens is 1. The largest absolute Gasteiger partial charge is 0.543 e. The number of esters is 1. The summed E-state index contributed by atoms with van der Waals surface area (Å²) >= 11 is 0. The van der Waals surface area contributed by atoms with Crippen LogP contribution in [0.3, 0.4) is 0 Å². The second-order valence-electron chi connectivity index (χ2n) is 9.26. The van der Waals surface area contributed by atoms with Crippen LogP contribution in [0.15, 0.2) is 67.0 Å². The van der Waals surface area contributed by atoms with Crippen molar-refractivity contribution in [2.45, 2.75) is 50.9 Å². The highest BCUT2D eigenvalue weighted by molar-refractivity contribution is 6.74. The zero-order chi connectivity index (χ0) is 24.0. The van der Waals surface area contributed by atoms with Crippen molar-refractivity contribution in [2.75, 3.05) is 7.11 Å². The van der Waals surface area contributed by atoms with Gasteiger partial charge in [-0.15, -0.1) is 0 Å². The first kappa shape index (κ1) is 25.3. The molecule has 0 fully saturated rings. The first-order chi connectivity index (χ1) is 14.9. The SMILES string of the molecule is COC(=O)[C@](/C=C\F)(Cc1cccc(O[Si](C)(C)C(C)(C)C)c1)NC(=O)c1ccccc1. The fraction of sp³-hybridized carbons (Fsp3) is 0.360. The molecule has 0 radical (unpaired) electrons. The number of benzene rings is 2. The summed E-state index contributed by atoms with van der Waals surface area (Å²) < 4.78 is 24.7. The summed E-state index contributed by atoms with van der Waals surface area (Å²) in [7, 11) is -0.874. The third-order valence-corrected chi connectivity index (χ3v) is 10.2. The zero-order valence-corrected chi connectivity index (χ0v) is 20.6. The molecule has 0 aliphatic carbocycles. The third kappa shape index (κ3) is 6.07. The van der Waals surface area contributed by atoms with Crippen molar-refractivity contribution in [3.8, 4) is 5.75 Å². The molecule has 0 spiro atoms. The lowest BCUT2D eigenvalue weighted by Crippen LogP contribution is -2.55. The molecule has 0 aliphatic heterocycles. The van der Waals surface area contributed by atoms with Gasteiger partial charge in [0.15, 0.2) is 5.54 Å². The van der Waals surface area contributed by atoms with Gasteiger partial charge in [-0.2, -0.15) is 0 Å². The van der Waals surface area contributed by atoms with Crippen LogP contribution in [-0.4, -0.2) is 32.8 Å². The van der Waals surface area contributed by atoms with Crippen molar-refractivity contribution >= 4 is 20.2 Å². The maximum Gasteiger partial charge on any atom is 0.336 e. The Morgan fingerprint density at radius 1 is 1.06 bits per heavy atom. The van der Waals surface area contributed by atoms with Gasteiger partial charge < -0.3 is 14.5 Å². The van der Waals surface area contributed by atoms with Crippen LogP contribution in [0.4, 0.5) is 4.39 Å². The molecule has 2 aromatic carbocycles. The molecule has 0 aliphatic rings. The van der Waals surface area contributed by atoms with Gasteiger partial charge in [0, 0.05) is 12.0 Å². The summed E-state index contributed by atoms with van der Waals surface area (Å²) in [4.78, 5) is 25.6. The van der Waals surface area contributed by atoms with Gasteiger partial charge in [-0.1, -0.05) is 51.1 Å². The Kier molecular flexibility index (Phi) is 8.01. The quantitative estimate of drug-likeness (QED) is 0.424. The van der Waals surface area contributed by atoms with E-state index in [9.17, 15) is 14.0 Å². The fourth-order valence-electron chi connectivity index (χ4n) is 2.98. The maximum absolute atomic E-state index is 13.4. The van der Waals surface area contributed by atoms with E-state index in [1.165, 1.54) is 7.11 Å². The van der Waals surface area contributed by atoms with Crippen LogP contribution in [0.5, 0.6) is 5.75 Å². The summed E-state index contributed by atoms with van der Waals surface area (Å²) in [6, 6.07) is 15.7. The van der Waals surface area contributed by atoms with Gasteiger partial charge in [0.05, 0.1) is 13.4 Å². The minimum Gasteiger partial charge on any atom is -0.543 e. The van der Waals surface area contributed by atoms with Crippen molar-refractivity contribution in [1.82, 2.24) is 5.32 Å². The van der Waals surface area contributed by atoms with Crippen LogP contribution in [0.1, 0.15) is 36.7 Å². The first-order valence-electron chi connectivity index (χ1n) is 10.5. The van der Waals surface area contributed by atoms with Crippen molar-refractivity contribution in [3.63, 3.8) is 0 Å². The number of amides is 1. The normalized spacial score (nSPS) is 14.0. The molecule has 0 bridgehead atoms. The Morgan fingerprint density at radius 2 is 1.72 bits per heavy atom. The van der Waals surface area contributed by atoms with Crippen LogP contribution in [0.2, 0.25) is 18.1 Å². The van der Waals surface area contributed by atoms with Crippen LogP contribution in [-0.2, 0) is 16.0 Å². The average molecular weight is 458 g/mol. The van der Waals surface area contributed by atoms with Gasteiger partial charge in [-0.05, 0) is 54.0 Å². The van der Waals surface area contributed by atoms with Crippen molar-refractivity contribution in [2.24, 2.45) is 0 Å². The van der Waals surface area contributed by atoms with E-state index >= 15 is 0 Å². The van der Waals surface area contributed by atoms with E-state index in [2.05, 4.69) is 39.2 Å². The molecule has 1 N–H and O–H groups in total. The molecule has 32 heavy (non-hydrogen) atoms. The standard InChI is InChI=1S/C25H32FNO4Si/c1-24(2,3)32(5,6)31-21-14-10-11-19(17-21)18-25(15-16-26,23(29)30-4)27-22(28)20-12-8-7-9-13-20/h7-17H,18H2,1-6H3,(H,27,28)/b16-15-/t25-/m0/s1. The number of carbonyl (C=O) groups excluding carboxylic acids is 2. The van der Waals surface area contributed by atoms with Gasteiger partial charge in [0.25, 0.3) is 5.91 Å². The van der Waals surface area contributed by atoms with Crippen LogP contribution in [0.25, 0.3) is 0 Å². The predicted octanol–water partition coefficient (Wildman–Crippen LogP) is 5.44. The molecular weight excluding hydrogens is 425 g/mol. The second-order valence-corrected chi connectivity index (χ2v) is 14.0. The Morgan fingerprint density at radius 3 is 2.28 bits per heavy atom. The van der Waals surface area contributed by atoms with Gasteiger partial charge in [0.2, 0.25) is 8.32 Å². The van der Waals surface area contributed by atoms with E-state index in [1.807, 2.05) is 18.2 Å². The number of rotatable bonds is 8. The molecule has 1 atom stereocenters. The number of methoxy groups -OCH3 is 1. The summed E-state index contributed by atoms with van der Waals surface area (Å²) in [5.74, 6) is -0.611. The molecule has 0 aromatic heterocycles. The Balaban J connectivity index is 2.40. The highest BCUT2D eigenvalue weighted by atomic mass is 28.4. The van der Waals surface area contributed by atoms with E-state index in [0.29, 0.717) is 16.9 Å². The summed E-state index contributed by atoms with van der Waals surface area (Å²) in [5.41, 5.74) is -0.674. The molecule has 0 heterocycles. The van der Waals surface area contributed by atoms with Gasteiger partial charge in [-0.3, -0.25) is 4.79 Å². The maximum atomic E-state index is 13.4. The molecule has 2 aromatic rings. The first-order valence-corrected chi connectivity index (χ1v) is 13.4. The molecule has 2 rings (SSSR count). The topological polar surface area (TPSA) is 64.6 Å². The van der Waals surface area contributed by atoms with Gasteiger partial charge in [0.1, 0.15) is 5.75 Å². The van der Waals surface area contributed by atoms with Crippen molar-refractivity contribution < 1.29 is 23.1 Å². The monoisotopic (exact) mass is 457 g/mol. The van der Waals surface area contributed by atoms with Gasteiger partial charge >= 0.3 is 5.97 Å². The fourth-order valence-corrected chi connectivity index (χ4v) is 4.00. The molecule has 5 nitrogen and oxygen atoms in total. The number of nitrogens with one attached hydrogen (secondary N) is 1. The number of hydrogen-bond donors (Lipinski definition) is 1. The Hall–Kier alpha value is -2.93. The summed E-state index contributed by atoms with van der Waals surface area (Å²) in [6.07, 6.45) is 1.26. The van der Waals surface area contributed by atoms with E-state index in [4.69, 9.17) is 9.16 Å². The van der Waals surface area contributed by atoms with Gasteiger partial charge in [-0.25, -0.2) is 9.18 Å². The molecule has 7 heteroatoms. The lowest BCUT2D eigenvalue weighted by atomic mass is 9.90. The molecule has 0 saturated carbocycles. The van der Waals surface area contributed by atoms with E-state index in [0.717, 1.165) is 6.08 Å². The van der Waals surface area contributed by atoms with Crippen LogP contribution >= 0.6 is 0 Å². The molecule has 0 saturated heterocycles. The molecule has 0 unspecified atom stereocenters. The smallest absolute Gasteiger partial charge is 0.336 e. The third-order valence-electron chi connectivity index (χ3n) is 5.83. The molecule has 172 valence electrons. The van der Waals surface area contributed by atoms with E-state index in [-0.39, 0.29) is 17.8 Å². The number of carbonyl (C=O) groups is 2. The second kappa shape index (κ2) is 10.1. The highest BCUT2D eigenvalue weighted by Gasteiger charge is 2.41. The average Bonchev–Trinajstić information content (AvgIpc) is 2.73. The lowest BCUT2D eigenvalue weighted by Gasteiger charge is -2.36. The summed E-state index contributed by atoms with van der Waals surface area (Å²) in [6.45, 7) is 10.7. The minimum atomic E-state index is -2.08. The van der Waals surface area contributed by atoms with Crippen LogP contribution in [0, 0.1) is 0 Å². The van der Waals surface area contributed by atoms with Crippen molar-refractivity contribution in [1.29, 1.82) is 0 Å². The lowest BCUT2D eigenvalue weighted by molar-refractivity contribution is -0.146. The van der Waals surface area contributed by atoms with E-state index < -0.39 is 25.7 Å². The predicted molar refractivity (Wildman–Crippen MR) is 127 cm³/mol. The van der Waals surface area contributed by atoms with Crippen LogP contribution < -0.4 is 9.74 Å². The minimum absolute atomic E-state index is 0.00658. The Bertz CT molecular complexity index is 969. The summed E-state index contributed by atoms with van der Waals surface area (Å²) in [5, 5.41) is 2.68.